The van der Waals surface area contributed by atoms with E-state index in [1.165, 1.54) is 5.56 Å². The number of hydrogen-bond donors (Lipinski definition) is 2. The van der Waals surface area contributed by atoms with Crippen molar-refractivity contribution in [3.05, 3.63) is 29.7 Å². The van der Waals surface area contributed by atoms with Gasteiger partial charge in [0.25, 0.3) is 0 Å². The van der Waals surface area contributed by atoms with Gasteiger partial charge in [0.2, 0.25) is 0 Å². The van der Waals surface area contributed by atoms with Crippen LogP contribution in [0.15, 0.2) is 22.6 Å². The monoisotopic (exact) mass is 206 g/mol. The smallest absolute Gasteiger partial charge is 0.192 e. The van der Waals surface area contributed by atoms with E-state index in [0.717, 1.165) is 24.1 Å². The Morgan fingerprint density at radius 1 is 1.47 bits per heavy atom. The van der Waals surface area contributed by atoms with E-state index >= 15 is 0 Å². The van der Waals surface area contributed by atoms with Gasteiger partial charge in [0.15, 0.2) is 11.5 Å². The van der Waals surface area contributed by atoms with Crippen molar-refractivity contribution in [3.63, 3.8) is 0 Å². The summed E-state index contributed by atoms with van der Waals surface area (Å²) in [6.45, 7) is 2.62. The molecule has 0 saturated heterocycles. The summed E-state index contributed by atoms with van der Waals surface area (Å²) in [6.07, 6.45) is 0.877. The van der Waals surface area contributed by atoms with Gasteiger partial charge < -0.3 is 9.52 Å². The van der Waals surface area contributed by atoms with Crippen LogP contribution in [-0.2, 0) is 6.42 Å². The molecule has 4 heteroatoms. The number of benzene rings is 1. The number of aliphatic hydroxyl groups is 1. The third-order valence-corrected chi connectivity index (χ3v) is 2.26. The molecule has 0 amide bonds. The quantitative estimate of drug-likeness (QED) is 0.583. The maximum Gasteiger partial charge on any atom is 0.192 e. The van der Waals surface area contributed by atoms with Gasteiger partial charge in [-0.15, -0.1) is 0 Å². The van der Waals surface area contributed by atoms with Crippen molar-refractivity contribution in [2.75, 3.05) is 13.3 Å². The number of hydrogen-bond acceptors (Lipinski definition) is 4. The molecule has 1 aromatic heterocycles. The molecule has 0 atom stereocenters. The molecule has 15 heavy (non-hydrogen) atoms. The largest absolute Gasteiger partial charge is 0.441 e. The molecule has 0 aliphatic rings. The first kappa shape index (κ1) is 10.1. The third-order valence-electron chi connectivity index (χ3n) is 2.26. The van der Waals surface area contributed by atoms with Crippen molar-refractivity contribution in [1.29, 1.82) is 0 Å². The molecule has 4 nitrogen and oxygen atoms in total. The summed E-state index contributed by atoms with van der Waals surface area (Å²) in [7, 11) is 0. The molecule has 0 unspecified atom stereocenters. The number of aliphatic hydroxyl groups excluding tert-OH is 1. The number of oxazole rings is 1. The third kappa shape index (κ3) is 2.34. The van der Waals surface area contributed by atoms with E-state index in [4.69, 9.17) is 9.52 Å². The molecular formula is C11H14N2O2. The van der Waals surface area contributed by atoms with Crippen LogP contribution in [0.2, 0.25) is 0 Å². The first-order valence-corrected chi connectivity index (χ1v) is 4.97. The topological polar surface area (TPSA) is 58.3 Å². The standard InChI is InChI=1S/C11H14N2O2/c1-8-13-10-6-9(4-5-12-7-14)2-3-11(10)15-8/h2-3,6,12,14H,4-5,7H2,1H3. The highest BCUT2D eigenvalue weighted by molar-refractivity contribution is 5.73. The van der Waals surface area contributed by atoms with Crippen LogP contribution in [0.3, 0.4) is 0 Å². The van der Waals surface area contributed by atoms with Crippen molar-refractivity contribution in [2.24, 2.45) is 0 Å². The maximum atomic E-state index is 8.58. The first-order valence-electron chi connectivity index (χ1n) is 4.97. The first-order chi connectivity index (χ1) is 7.29. The number of aryl methyl sites for hydroxylation is 1. The summed E-state index contributed by atoms with van der Waals surface area (Å²) < 4.78 is 5.38. The van der Waals surface area contributed by atoms with Crippen LogP contribution in [0.4, 0.5) is 0 Å². The summed E-state index contributed by atoms with van der Waals surface area (Å²) >= 11 is 0. The van der Waals surface area contributed by atoms with E-state index in [-0.39, 0.29) is 6.73 Å². The highest BCUT2D eigenvalue weighted by Gasteiger charge is 2.02. The Bertz CT molecular complexity index is 451. The van der Waals surface area contributed by atoms with E-state index in [1.807, 2.05) is 25.1 Å². The normalized spacial score (nSPS) is 11.1. The minimum Gasteiger partial charge on any atom is -0.441 e. The molecule has 80 valence electrons. The lowest BCUT2D eigenvalue weighted by atomic mass is 10.1. The van der Waals surface area contributed by atoms with Crippen molar-refractivity contribution in [3.8, 4) is 0 Å². The van der Waals surface area contributed by atoms with Crippen LogP contribution in [-0.4, -0.2) is 23.4 Å². The number of rotatable bonds is 4. The number of aromatic nitrogens is 1. The van der Waals surface area contributed by atoms with Gasteiger partial charge in [-0.05, 0) is 24.1 Å². The van der Waals surface area contributed by atoms with Crippen LogP contribution in [0.1, 0.15) is 11.5 Å². The van der Waals surface area contributed by atoms with Gasteiger partial charge in [-0.25, -0.2) is 4.98 Å². The molecule has 2 aromatic rings. The second-order valence-corrected chi connectivity index (χ2v) is 3.44. The van der Waals surface area contributed by atoms with Gasteiger partial charge in [0.1, 0.15) is 5.52 Å². The fourth-order valence-corrected chi connectivity index (χ4v) is 1.56. The Morgan fingerprint density at radius 3 is 3.13 bits per heavy atom. The zero-order valence-corrected chi connectivity index (χ0v) is 8.66. The van der Waals surface area contributed by atoms with E-state index in [0.29, 0.717) is 5.89 Å². The van der Waals surface area contributed by atoms with Crippen LogP contribution < -0.4 is 5.32 Å². The van der Waals surface area contributed by atoms with Crippen molar-refractivity contribution >= 4 is 11.1 Å². The highest BCUT2D eigenvalue weighted by Crippen LogP contribution is 2.16. The molecule has 2 rings (SSSR count). The molecule has 2 N–H and O–H groups in total. The van der Waals surface area contributed by atoms with Gasteiger partial charge in [0.05, 0.1) is 6.73 Å². The SMILES string of the molecule is Cc1nc2cc(CCNCO)ccc2o1. The Morgan fingerprint density at radius 2 is 2.33 bits per heavy atom. The minimum atomic E-state index is 0.0192. The van der Waals surface area contributed by atoms with Crippen LogP contribution in [0.25, 0.3) is 11.1 Å². The Labute approximate surface area is 87.9 Å². The number of fused-ring (bicyclic) bond motifs is 1. The molecule has 0 aliphatic carbocycles. The summed E-state index contributed by atoms with van der Waals surface area (Å²) in [6, 6.07) is 5.97. The van der Waals surface area contributed by atoms with Crippen molar-refractivity contribution in [2.45, 2.75) is 13.3 Å². The molecule has 1 aromatic carbocycles. The average Bonchev–Trinajstić information content (AvgIpc) is 2.57. The lowest BCUT2D eigenvalue weighted by Crippen LogP contribution is -2.17. The predicted octanol–water partition coefficient (Wildman–Crippen LogP) is 1.22. The molecular weight excluding hydrogens is 192 g/mol. The second-order valence-electron chi connectivity index (χ2n) is 3.44. The van der Waals surface area contributed by atoms with Crippen LogP contribution >= 0.6 is 0 Å². The molecule has 0 fully saturated rings. The van der Waals surface area contributed by atoms with Gasteiger partial charge in [-0.1, -0.05) is 6.07 Å². The Hall–Kier alpha value is -1.39. The molecule has 0 aliphatic heterocycles. The zero-order valence-electron chi connectivity index (χ0n) is 8.66. The Kier molecular flexibility index (Phi) is 2.99. The summed E-state index contributed by atoms with van der Waals surface area (Å²) in [5.74, 6) is 0.690. The Balaban J connectivity index is 2.15. The lowest BCUT2D eigenvalue weighted by molar-refractivity contribution is 0.262. The van der Waals surface area contributed by atoms with Crippen LogP contribution in [0, 0.1) is 6.92 Å². The summed E-state index contributed by atoms with van der Waals surface area (Å²) in [4.78, 5) is 4.27. The summed E-state index contributed by atoms with van der Waals surface area (Å²) in [5.41, 5.74) is 2.91. The predicted molar refractivity (Wildman–Crippen MR) is 57.5 cm³/mol. The molecule has 0 radical (unpaired) electrons. The van der Waals surface area contributed by atoms with E-state index in [1.54, 1.807) is 0 Å². The van der Waals surface area contributed by atoms with E-state index < -0.39 is 0 Å². The highest BCUT2D eigenvalue weighted by atomic mass is 16.3. The van der Waals surface area contributed by atoms with E-state index in [9.17, 15) is 0 Å². The number of nitrogens with one attached hydrogen (secondary N) is 1. The average molecular weight is 206 g/mol. The zero-order chi connectivity index (χ0) is 10.7. The van der Waals surface area contributed by atoms with Gasteiger partial charge in [-0.3, -0.25) is 5.32 Å². The van der Waals surface area contributed by atoms with Gasteiger partial charge in [0, 0.05) is 13.5 Å². The van der Waals surface area contributed by atoms with Crippen molar-refractivity contribution in [1.82, 2.24) is 10.3 Å². The second kappa shape index (κ2) is 4.42. The lowest BCUT2D eigenvalue weighted by Gasteiger charge is -2.00. The van der Waals surface area contributed by atoms with E-state index in [2.05, 4.69) is 10.3 Å². The summed E-state index contributed by atoms with van der Waals surface area (Å²) in [5, 5.41) is 11.4. The molecule has 0 saturated carbocycles. The van der Waals surface area contributed by atoms with Gasteiger partial charge in [-0.2, -0.15) is 0 Å². The number of nitrogens with zero attached hydrogens (tertiary/aromatic N) is 1. The fraction of sp³-hybridized carbons (Fsp3) is 0.364. The minimum absolute atomic E-state index is 0.0192. The molecule has 1 heterocycles. The maximum absolute atomic E-state index is 8.58. The van der Waals surface area contributed by atoms with Crippen LogP contribution in [0.5, 0.6) is 0 Å². The molecule has 0 bridgehead atoms. The fourth-order valence-electron chi connectivity index (χ4n) is 1.56. The van der Waals surface area contributed by atoms with Gasteiger partial charge >= 0.3 is 0 Å². The van der Waals surface area contributed by atoms with Crippen molar-refractivity contribution < 1.29 is 9.52 Å². The molecule has 0 spiro atoms.